The van der Waals surface area contributed by atoms with Gasteiger partial charge in [0.1, 0.15) is 17.2 Å². The van der Waals surface area contributed by atoms with E-state index in [4.69, 9.17) is 14.2 Å². The number of nitrogens with zero attached hydrogens (tertiary/aromatic N) is 1. The Kier molecular flexibility index (Phi) is 6.45. The third kappa shape index (κ3) is 4.77. The van der Waals surface area contributed by atoms with Gasteiger partial charge in [-0.25, -0.2) is 0 Å². The molecule has 1 saturated carbocycles. The van der Waals surface area contributed by atoms with Crippen molar-refractivity contribution in [3.63, 3.8) is 0 Å². The van der Waals surface area contributed by atoms with Crippen molar-refractivity contribution < 1.29 is 19.0 Å². The van der Waals surface area contributed by atoms with Crippen LogP contribution in [0.4, 0.5) is 0 Å². The summed E-state index contributed by atoms with van der Waals surface area (Å²) in [7, 11) is 4.90. The Morgan fingerprint density at radius 1 is 1.00 bits per heavy atom. The lowest BCUT2D eigenvalue weighted by Gasteiger charge is -2.30. The van der Waals surface area contributed by atoms with Gasteiger partial charge in [-0.2, -0.15) is 0 Å². The van der Waals surface area contributed by atoms with Gasteiger partial charge >= 0.3 is 0 Å². The van der Waals surface area contributed by atoms with Gasteiger partial charge in [-0.1, -0.05) is 12.1 Å². The van der Waals surface area contributed by atoms with Gasteiger partial charge in [-0.3, -0.25) is 4.79 Å². The lowest BCUT2D eigenvalue weighted by atomic mass is 10.1. The van der Waals surface area contributed by atoms with Crippen LogP contribution in [0, 0.1) is 5.92 Å². The fraction of sp³-hybridized carbons (Fsp3) is 0.435. The van der Waals surface area contributed by atoms with Gasteiger partial charge in [0.15, 0.2) is 0 Å². The second-order valence-corrected chi connectivity index (χ2v) is 7.30. The molecule has 0 aliphatic heterocycles. The van der Waals surface area contributed by atoms with E-state index in [0.29, 0.717) is 18.2 Å². The van der Waals surface area contributed by atoms with Gasteiger partial charge in [-0.05, 0) is 61.6 Å². The smallest absolute Gasteiger partial charge is 0.227 e. The van der Waals surface area contributed by atoms with Gasteiger partial charge in [-0.15, -0.1) is 0 Å². The van der Waals surface area contributed by atoms with Crippen LogP contribution in [0.3, 0.4) is 0 Å². The summed E-state index contributed by atoms with van der Waals surface area (Å²) in [4.78, 5) is 15.3. The maximum Gasteiger partial charge on any atom is 0.227 e. The molecule has 0 N–H and O–H groups in total. The number of methoxy groups -OCH3 is 3. The first-order valence-corrected chi connectivity index (χ1v) is 9.69. The molecular formula is C23H29NO4. The van der Waals surface area contributed by atoms with Crippen LogP contribution in [0.25, 0.3) is 0 Å². The van der Waals surface area contributed by atoms with Crippen molar-refractivity contribution in [1.82, 2.24) is 4.90 Å². The molecule has 1 aliphatic carbocycles. The molecule has 1 atom stereocenters. The predicted octanol–water partition coefficient (Wildman–Crippen LogP) is 4.08. The molecule has 5 heteroatoms. The van der Waals surface area contributed by atoms with E-state index < -0.39 is 0 Å². The Morgan fingerprint density at radius 2 is 1.64 bits per heavy atom. The maximum absolute atomic E-state index is 13.3. The molecule has 0 heterocycles. The quantitative estimate of drug-likeness (QED) is 0.655. The van der Waals surface area contributed by atoms with Gasteiger partial charge < -0.3 is 19.1 Å². The molecule has 0 bridgehead atoms. The summed E-state index contributed by atoms with van der Waals surface area (Å²) < 4.78 is 16.0. The van der Waals surface area contributed by atoms with E-state index in [1.807, 2.05) is 47.4 Å². The Bertz CT molecular complexity index is 799. The fourth-order valence-corrected chi connectivity index (χ4v) is 3.50. The zero-order chi connectivity index (χ0) is 20.1. The monoisotopic (exact) mass is 383 g/mol. The van der Waals surface area contributed by atoms with Crippen molar-refractivity contribution in [3.8, 4) is 17.2 Å². The van der Waals surface area contributed by atoms with Crippen LogP contribution in [0.2, 0.25) is 0 Å². The van der Waals surface area contributed by atoms with Gasteiger partial charge in [0.25, 0.3) is 0 Å². The number of hydrogen-bond acceptors (Lipinski definition) is 4. The zero-order valence-electron chi connectivity index (χ0n) is 17.1. The third-order valence-electron chi connectivity index (χ3n) is 5.46. The number of amides is 1. The number of rotatable bonds is 9. The van der Waals surface area contributed by atoms with Crippen LogP contribution in [0.5, 0.6) is 17.2 Å². The highest BCUT2D eigenvalue weighted by atomic mass is 16.5. The van der Waals surface area contributed by atoms with E-state index in [2.05, 4.69) is 6.92 Å². The Balaban J connectivity index is 1.80. The highest BCUT2D eigenvalue weighted by molar-refractivity contribution is 5.80. The topological polar surface area (TPSA) is 48.0 Å². The van der Waals surface area contributed by atoms with Crippen molar-refractivity contribution in [1.29, 1.82) is 0 Å². The molecule has 2 aromatic rings. The van der Waals surface area contributed by atoms with Crippen LogP contribution >= 0.6 is 0 Å². The van der Waals surface area contributed by atoms with Crippen molar-refractivity contribution in [2.24, 2.45) is 5.92 Å². The Hall–Kier alpha value is -2.69. The molecule has 1 fully saturated rings. The largest absolute Gasteiger partial charge is 0.497 e. The summed E-state index contributed by atoms with van der Waals surface area (Å²) in [6.45, 7) is 2.74. The molecular weight excluding hydrogens is 354 g/mol. The first kappa shape index (κ1) is 20.1. The standard InChI is InChI=1S/C23H29NO4/c1-16(18-7-8-18)24(15-17-5-9-20(26-2)10-6-17)23(25)14-19-13-21(27-3)11-12-22(19)28-4/h5-6,9-13,16,18H,7-8,14-15H2,1-4H3. The molecule has 150 valence electrons. The minimum Gasteiger partial charge on any atom is -0.497 e. The molecule has 0 saturated heterocycles. The second-order valence-electron chi connectivity index (χ2n) is 7.30. The van der Waals surface area contributed by atoms with E-state index in [0.717, 1.165) is 22.6 Å². The summed E-state index contributed by atoms with van der Waals surface area (Å²) >= 11 is 0. The van der Waals surface area contributed by atoms with E-state index in [1.165, 1.54) is 12.8 Å². The van der Waals surface area contributed by atoms with Crippen LogP contribution < -0.4 is 14.2 Å². The highest BCUT2D eigenvalue weighted by Gasteiger charge is 2.34. The summed E-state index contributed by atoms with van der Waals surface area (Å²) in [6, 6.07) is 13.7. The lowest BCUT2D eigenvalue weighted by Crippen LogP contribution is -2.40. The second kappa shape index (κ2) is 9.00. The molecule has 2 aromatic carbocycles. The first-order valence-electron chi connectivity index (χ1n) is 9.69. The minimum absolute atomic E-state index is 0.0989. The predicted molar refractivity (Wildman–Crippen MR) is 109 cm³/mol. The molecule has 0 radical (unpaired) electrons. The number of carbonyl (C=O) groups excluding carboxylic acids is 1. The van der Waals surface area contributed by atoms with E-state index in [9.17, 15) is 4.79 Å². The average molecular weight is 383 g/mol. The Morgan fingerprint density at radius 3 is 2.21 bits per heavy atom. The van der Waals surface area contributed by atoms with E-state index in [1.54, 1.807) is 21.3 Å². The molecule has 0 spiro atoms. The number of ether oxygens (including phenoxy) is 3. The summed E-state index contributed by atoms with van der Waals surface area (Å²) in [5.74, 6) is 2.94. The summed E-state index contributed by atoms with van der Waals surface area (Å²) in [5.41, 5.74) is 1.94. The molecule has 1 unspecified atom stereocenters. The first-order chi connectivity index (χ1) is 13.5. The number of benzene rings is 2. The number of carbonyl (C=O) groups is 1. The van der Waals surface area contributed by atoms with Crippen molar-refractivity contribution >= 4 is 5.91 Å². The van der Waals surface area contributed by atoms with Gasteiger partial charge in [0.05, 0.1) is 27.8 Å². The normalized spacial score (nSPS) is 14.3. The average Bonchev–Trinajstić information content (AvgIpc) is 3.57. The van der Waals surface area contributed by atoms with Crippen molar-refractivity contribution in [3.05, 3.63) is 53.6 Å². The van der Waals surface area contributed by atoms with Gasteiger partial charge in [0.2, 0.25) is 5.91 Å². The van der Waals surface area contributed by atoms with E-state index >= 15 is 0 Å². The molecule has 0 aromatic heterocycles. The maximum atomic E-state index is 13.3. The lowest BCUT2D eigenvalue weighted by molar-refractivity contribution is -0.133. The summed E-state index contributed by atoms with van der Waals surface area (Å²) in [5, 5.41) is 0. The minimum atomic E-state index is 0.0989. The molecule has 1 amide bonds. The van der Waals surface area contributed by atoms with E-state index in [-0.39, 0.29) is 18.4 Å². The van der Waals surface area contributed by atoms with Gasteiger partial charge in [0, 0.05) is 18.2 Å². The molecule has 3 rings (SSSR count). The van der Waals surface area contributed by atoms with Crippen LogP contribution in [-0.4, -0.2) is 38.2 Å². The molecule has 1 aliphatic rings. The third-order valence-corrected chi connectivity index (χ3v) is 5.46. The zero-order valence-corrected chi connectivity index (χ0v) is 17.1. The summed E-state index contributed by atoms with van der Waals surface area (Å²) in [6.07, 6.45) is 2.67. The number of hydrogen-bond donors (Lipinski definition) is 0. The molecule has 28 heavy (non-hydrogen) atoms. The fourth-order valence-electron chi connectivity index (χ4n) is 3.50. The van der Waals surface area contributed by atoms with Crippen LogP contribution in [-0.2, 0) is 17.8 Å². The van der Waals surface area contributed by atoms with Crippen molar-refractivity contribution in [2.75, 3.05) is 21.3 Å². The highest BCUT2D eigenvalue weighted by Crippen LogP contribution is 2.36. The van der Waals surface area contributed by atoms with Crippen LogP contribution in [0.15, 0.2) is 42.5 Å². The molecule has 5 nitrogen and oxygen atoms in total. The van der Waals surface area contributed by atoms with Crippen LogP contribution in [0.1, 0.15) is 30.9 Å². The SMILES string of the molecule is COc1ccc(CN(C(=O)Cc2cc(OC)ccc2OC)C(C)C2CC2)cc1. The Labute approximate surface area is 167 Å². The van der Waals surface area contributed by atoms with Crippen molar-refractivity contribution in [2.45, 2.75) is 38.8 Å².